The van der Waals surface area contributed by atoms with Gasteiger partial charge in [0.2, 0.25) is 0 Å². The van der Waals surface area contributed by atoms with E-state index in [1.54, 1.807) is 12.3 Å². The maximum absolute atomic E-state index is 13.3. The van der Waals surface area contributed by atoms with E-state index in [0.29, 0.717) is 5.39 Å². The Balaban J connectivity index is 2.79. The molecule has 0 amide bonds. The van der Waals surface area contributed by atoms with Gasteiger partial charge in [0.05, 0.1) is 5.52 Å². The molecule has 82 valence electrons. The lowest BCUT2D eigenvalue weighted by atomic mass is 10.1. The first kappa shape index (κ1) is 10.5. The molecule has 0 radical (unpaired) electrons. The van der Waals surface area contributed by atoms with Gasteiger partial charge in [0.15, 0.2) is 0 Å². The number of halogens is 1. The fourth-order valence-corrected chi connectivity index (χ4v) is 1.62. The van der Waals surface area contributed by atoms with Crippen LogP contribution >= 0.6 is 0 Å². The van der Waals surface area contributed by atoms with Gasteiger partial charge in [0, 0.05) is 11.6 Å². The zero-order valence-corrected chi connectivity index (χ0v) is 8.70. The molecule has 0 saturated heterocycles. The van der Waals surface area contributed by atoms with Crippen LogP contribution in [-0.4, -0.2) is 16.1 Å². The van der Waals surface area contributed by atoms with Gasteiger partial charge in [-0.1, -0.05) is 6.92 Å². The third kappa shape index (κ3) is 1.62. The number of carbonyl (C=O) groups is 1. The van der Waals surface area contributed by atoms with Crippen LogP contribution in [0.4, 0.5) is 4.39 Å². The third-order valence-electron chi connectivity index (χ3n) is 2.48. The van der Waals surface area contributed by atoms with Crippen molar-refractivity contribution in [2.45, 2.75) is 13.3 Å². The Morgan fingerprint density at radius 3 is 2.88 bits per heavy atom. The van der Waals surface area contributed by atoms with Crippen LogP contribution < -0.4 is 0 Å². The Morgan fingerprint density at radius 1 is 1.50 bits per heavy atom. The molecule has 16 heavy (non-hydrogen) atoms. The number of hydrogen-bond acceptors (Lipinski definition) is 2. The summed E-state index contributed by atoms with van der Waals surface area (Å²) in [6.45, 7) is 1.98. The van der Waals surface area contributed by atoms with Crippen LogP contribution in [0.1, 0.15) is 22.8 Å². The minimum Gasteiger partial charge on any atom is -0.478 e. The predicted molar refractivity (Wildman–Crippen MR) is 58.0 cm³/mol. The van der Waals surface area contributed by atoms with Gasteiger partial charge in [-0.25, -0.2) is 9.18 Å². The molecule has 4 heteroatoms. The van der Waals surface area contributed by atoms with Crippen LogP contribution in [0.2, 0.25) is 0 Å². The van der Waals surface area contributed by atoms with Crippen molar-refractivity contribution in [3.8, 4) is 0 Å². The van der Waals surface area contributed by atoms with E-state index in [1.807, 2.05) is 13.0 Å². The van der Waals surface area contributed by atoms with Crippen LogP contribution in [0, 0.1) is 5.82 Å². The molecule has 1 aromatic carbocycles. The second kappa shape index (κ2) is 3.89. The van der Waals surface area contributed by atoms with Crippen molar-refractivity contribution >= 4 is 16.9 Å². The number of aryl methyl sites for hydroxylation is 1. The number of aromatic nitrogens is 1. The third-order valence-corrected chi connectivity index (χ3v) is 2.48. The fraction of sp³-hybridized carbons (Fsp3) is 0.167. The van der Waals surface area contributed by atoms with Crippen molar-refractivity contribution in [3.05, 3.63) is 41.3 Å². The average Bonchev–Trinajstić information content (AvgIpc) is 2.27. The molecule has 0 saturated carbocycles. The van der Waals surface area contributed by atoms with Crippen molar-refractivity contribution in [2.75, 3.05) is 0 Å². The number of fused-ring (bicyclic) bond motifs is 1. The molecule has 0 bridgehead atoms. The van der Waals surface area contributed by atoms with Crippen LogP contribution in [0.5, 0.6) is 0 Å². The second-order valence-corrected chi connectivity index (χ2v) is 3.50. The molecule has 0 aliphatic carbocycles. The van der Waals surface area contributed by atoms with Crippen molar-refractivity contribution in [1.82, 2.24) is 4.98 Å². The predicted octanol–water partition coefficient (Wildman–Crippen LogP) is 2.63. The van der Waals surface area contributed by atoms with Gasteiger partial charge in [-0.2, -0.15) is 0 Å². The van der Waals surface area contributed by atoms with Crippen LogP contribution in [0.25, 0.3) is 10.9 Å². The van der Waals surface area contributed by atoms with Gasteiger partial charge in [-0.3, -0.25) is 4.98 Å². The summed E-state index contributed by atoms with van der Waals surface area (Å²) in [5.41, 5.74) is 0.834. The zero-order valence-electron chi connectivity index (χ0n) is 8.70. The van der Waals surface area contributed by atoms with Crippen LogP contribution in [-0.2, 0) is 6.42 Å². The molecule has 2 rings (SSSR count). The lowest BCUT2D eigenvalue weighted by Crippen LogP contribution is -2.03. The highest BCUT2D eigenvalue weighted by Gasteiger charge is 2.15. The van der Waals surface area contributed by atoms with E-state index < -0.39 is 11.8 Å². The standard InChI is InChI=1S/C12H10FNO2/c1-2-7-5-8-3-4-9(13)10(12(15)16)11(8)14-6-7/h3-6H,2H2,1H3,(H,15,16). The number of hydrogen-bond donors (Lipinski definition) is 1. The number of pyridine rings is 1. The van der Waals surface area contributed by atoms with Gasteiger partial charge < -0.3 is 5.11 Å². The Kier molecular flexibility index (Phi) is 2.56. The number of carboxylic acids is 1. The highest BCUT2D eigenvalue weighted by molar-refractivity contribution is 6.02. The molecule has 3 nitrogen and oxygen atoms in total. The molecule has 0 aliphatic rings. The minimum atomic E-state index is -1.29. The minimum absolute atomic E-state index is 0.199. The largest absolute Gasteiger partial charge is 0.478 e. The Bertz CT molecular complexity index is 566. The van der Waals surface area contributed by atoms with E-state index in [-0.39, 0.29) is 11.1 Å². The van der Waals surface area contributed by atoms with Gasteiger partial charge in [0.1, 0.15) is 11.4 Å². The van der Waals surface area contributed by atoms with E-state index in [4.69, 9.17) is 5.11 Å². The van der Waals surface area contributed by atoms with Crippen molar-refractivity contribution < 1.29 is 14.3 Å². The molecule has 0 unspecified atom stereocenters. The average molecular weight is 219 g/mol. The highest BCUT2D eigenvalue weighted by atomic mass is 19.1. The second-order valence-electron chi connectivity index (χ2n) is 3.50. The molecule has 0 aliphatic heterocycles. The zero-order chi connectivity index (χ0) is 11.7. The van der Waals surface area contributed by atoms with E-state index >= 15 is 0 Å². The summed E-state index contributed by atoms with van der Waals surface area (Å²) in [4.78, 5) is 14.9. The first-order valence-electron chi connectivity index (χ1n) is 4.94. The van der Waals surface area contributed by atoms with Gasteiger partial charge in [-0.05, 0) is 30.2 Å². The summed E-state index contributed by atoms with van der Waals surface area (Å²) in [6.07, 6.45) is 2.39. The van der Waals surface area contributed by atoms with Crippen LogP contribution in [0.3, 0.4) is 0 Å². The molecule has 0 spiro atoms. The molecule has 1 N–H and O–H groups in total. The Labute approximate surface area is 91.5 Å². The molecule has 0 fully saturated rings. The maximum atomic E-state index is 13.3. The molecular formula is C12H10FNO2. The van der Waals surface area contributed by atoms with E-state index in [2.05, 4.69) is 4.98 Å². The van der Waals surface area contributed by atoms with Crippen molar-refractivity contribution in [3.63, 3.8) is 0 Å². The van der Waals surface area contributed by atoms with E-state index in [1.165, 1.54) is 0 Å². The lowest BCUT2D eigenvalue weighted by molar-refractivity contribution is 0.0694. The highest BCUT2D eigenvalue weighted by Crippen LogP contribution is 2.20. The van der Waals surface area contributed by atoms with E-state index in [0.717, 1.165) is 18.1 Å². The number of aromatic carboxylic acids is 1. The quantitative estimate of drug-likeness (QED) is 0.844. The normalized spacial score (nSPS) is 10.6. The monoisotopic (exact) mass is 219 g/mol. The summed E-state index contributed by atoms with van der Waals surface area (Å²) in [5.74, 6) is -2.04. The number of benzene rings is 1. The molecular weight excluding hydrogens is 209 g/mol. The topological polar surface area (TPSA) is 50.2 Å². The van der Waals surface area contributed by atoms with Crippen LogP contribution in [0.15, 0.2) is 24.4 Å². The molecule has 2 aromatic rings. The Morgan fingerprint density at radius 2 is 2.25 bits per heavy atom. The summed E-state index contributed by atoms with van der Waals surface area (Å²) in [5, 5.41) is 9.56. The maximum Gasteiger partial charge on any atom is 0.340 e. The van der Waals surface area contributed by atoms with E-state index in [9.17, 15) is 9.18 Å². The van der Waals surface area contributed by atoms with Crippen molar-refractivity contribution in [2.24, 2.45) is 0 Å². The molecule has 1 heterocycles. The number of rotatable bonds is 2. The first-order valence-corrected chi connectivity index (χ1v) is 4.94. The molecule has 0 atom stereocenters. The lowest BCUT2D eigenvalue weighted by Gasteiger charge is -2.04. The van der Waals surface area contributed by atoms with Gasteiger partial charge in [0.25, 0.3) is 0 Å². The first-order chi connectivity index (χ1) is 7.63. The summed E-state index contributed by atoms with van der Waals surface area (Å²) in [6, 6.07) is 4.53. The summed E-state index contributed by atoms with van der Waals surface area (Å²) in [7, 11) is 0. The molecule has 1 aromatic heterocycles. The van der Waals surface area contributed by atoms with Gasteiger partial charge in [-0.15, -0.1) is 0 Å². The van der Waals surface area contributed by atoms with Crippen molar-refractivity contribution in [1.29, 1.82) is 0 Å². The van der Waals surface area contributed by atoms with Gasteiger partial charge >= 0.3 is 5.97 Å². The smallest absolute Gasteiger partial charge is 0.340 e. The Hall–Kier alpha value is -1.97. The summed E-state index contributed by atoms with van der Waals surface area (Å²) < 4.78 is 13.3. The number of carboxylic acid groups (broad SMARTS) is 1. The summed E-state index contributed by atoms with van der Waals surface area (Å²) >= 11 is 0. The fourth-order valence-electron chi connectivity index (χ4n) is 1.62. The number of nitrogens with zero attached hydrogens (tertiary/aromatic N) is 1. The SMILES string of the molecule is CCc1cnc2c(C(=O)O)c(F)ccc2c1.